The SMILES string of the molecule is Cc1cccc(OCCN2CCN(C[C@@H](O)c3ccccc3)CC2)c1. The molecular weight excluding hydrogens is 312 g/mol. The van der Waals surface area contributed by atoms with Crippen LogP contribution in [-0.2, 0) is 0 Å². The lowest BCUT2D eigenvalue weighted by molar-refractivity contribution is 0.0676. The lowest BCUT2D eigenvalue weighted by Gasteiger charge is -2.35. The van der Waals surface area contributed by atoms with E-state index in [1.54, 1.807) is 0 Å². The van der Waals surface area contributed by atoms with E-state index in [4.69, 9.17) is 4.74 Å². The maximum absolute atomic E-state index is 10.4. The molecule has 1 saturated heterocycles. The summed E-state index contributed by atoms with van der Waals surface area (Å²) in [5.41, 5.74) is 2.22. The molecule has 2 aromatic rings. The van der Waals surface area contributed by atoms with Crippen LogP contribution in [0.5, 0.6) is 5.75 Å². The van der Waals surface area contributed by atoms with Crippen LogP contribution in [0.3, 0.4) is 0 Å². The summed E-state index contributed by atoms with van der Waals surface area (Å²) in [6.07, 6.45) is -0.405. The predicted molar refractivity (Wildman–Crippen MR) is 101 cm³/mol. The van der Waals surface area contributed by atoms with E-state index in [-0.39, 0.29) is 0 Å². The number of rotatable bonds is 7. The maximum atomic E-state index is 10.4. The molecule has 0 saturated carbocycles. The van der Waals surface area contributed by atoms with Gasteiger partial charge in [-0.1, -0.05) is 42.5 Å². The Bertz CT molecular complexity index is 639. The standard InChI is InChI=1S/C21H28N2O2/c1-18-6-5-9-20(16-18)25-15-14-22-10-12-23(13-11-22)17-21(24)19-7-3-2-4-8-19/h2-9,16,21,24H,10-15,17H2,1H3/t21-/m1/s1. The summed E-state index contributed by atoms with van der Waals surface area (Å²) in [5.74, 6) is 0.949. The zero-order valence-electron chi connectivity index (χ0n) is 15.0. The number of benzene rings is 2. The van der Waals surface area contributed by atoms with Gasteiger partial charge in [-0.3, -0.25) is 9.80 Å². The first kappa shape index (κ1) is 17.9. The summed E-state index contributed by atoms with van der Waals surface area (Å²) in [6, 6.07) is 18.1. The lowest BCUT2D eigenvalue weighted by Crippen LogP contribution is -2.48. The van der Waals surface area contributed by atoms with E-state index in [1.807, 2.05) is 42.5 Å². The monoisotopic (exact) mass is 340 g/mol. The van der Waals surface area contributed by atoms with Crippen molar-refractivity contribution in [1.29, 1.82) is 0 Å². The first-order valence-electron chi connectivity index (χ1n) is 9.08. The van der Waals surface area contributed by atoms with Gasteiger partial charge in [-0.25, -0.2) is 0 Å². The quantitative estimate of drug-likeness (QED) is 0.841. The van der Waals surface area contributed by atoms with Gasteiger partial charge in [0.05, 0.1) is 6.10 Å². The molecule has 1 fully saturated rings. The molecule has 0 unspecified atom stereocenters. The summed E-state index contributed by atoms with van der Waals surface area (Å²) in [7, 11) is 0. The number of β-amino-alcohol motifs (C(OH)–C–C–N with tert-alkyl or cyclic N) is 1. The second-order valence-electron chi connectivity index (χ2n) is 6.73. The van der Waals surface area contributed by atoms with Crippen LogP contribution in [0, 0.1) is 6.92 Å². The highest BCUT2D eigenvalue weighted by molar-refractivity contribution is 5.27. The van der Waals surface area contributed by atoms with Gasteiger partial charge in [-0.15, -0.1) is 0 Å². The molecule has 1 N–H and O–H groups in total. The van der Waals surface area contributed by atoms with Crippen LogP contribution in [0.2, 0.25) is 0 Å². The fourth-order valence-corrected chi connectivity index (χ4v) is 3.22. The highest BCUT2D eigenvalue weighted by Gasteiger charge is 2.19. The highest BCUT2D eigenvalue weighted by Crippen LogP contribution is 2.15. The second kappa shape index (κ2) is 8.99. The minimum atomic E-state index is -0.405. The van der Waals surface area contributed by atoms with E-state index in [9.17, 15) is 5.11 Å². The Hall–Kier alpha value is -1.88. The van der Waals surface area contributed by atoms with Crippen LogP contribution >= 0.6 is 0 Å². The average Bonchev–Trinajstić information content (AvgIpc) is 2.64. The zero-order chi connectivity index (χ0) is 17.5. The third-order valence-corrected chi connectivity index (χ3v) is 4.75. The van der Waals surface area contributed by atoms with Crippen molar-refractivity contribution in [2.24, 2.45) is 0 Å². The normalized spacial score (nSPS) is 17.4. The molecule has 4 heteroatoms. The number of piperazine rings is 1. The molecule has 0 amide bonds. The van der Waals surface area contributed by atoms with Crippen LogP contribution in [0.25, 0.3) is 0 Å². The molecule has 0 radical (unpaired) electrons. The fraction of sp³-hybridized carbons (Fsp3) is 0.429. The van der Waals surface area contributed by atoms with Gasteiger partial charge in [-0.05, 0) is 30.2 Å². The highest BCUT2D eigenvalue weighted by atomic mass is 16.5. The van der Waals surface area contributed by atoms with E-state index in [2.05, 4.69) is 28.9 Å². The number of nitrogens with zero attached hydrogens (tertiary/aromatic N) is 2. The first-order valence-corrected chi connectivity index (χ1v) is 9.08. The molecule has 1 aliphatic rings. The Morgan fingerprint density at radius 3 is 2.40 bits per heavy atom. The number of aryl methyl sites for hydroxylation is 1. The van der Waals surface area contributed by atoms with Gasteiger partial charge in [0, 0.05) is 39.3 Å². The second-order valence-corrected chi connectivity index (χ2v) is 6.73. The van der Waals surface area contributed by atoms with Crippen molar-refractivity contribution in [3.8, 4) is 5.75 Å². The van der Waals surface area contributed by atoms with E-state index in [0.717, 1.165) is 50.6 Å². The molecular formula is C21H28N2O2. The van der Waals surface area contributed by atoms with Gasteiger partial charge in [0.15, 0.2) is 0 Å². The molecule has 4 nitrogen and oxygen atoms in total. The van der Waals surface area contributed by atoms with Crippen LogP contribution in [-0.4, -0.2) is 60.8 Å². The molecule has 1 heterocycles. The number of hydrogen-bond donors (Lipinski definition) is 1. The van der Waals surface area contributed by atoms with Crippen molar-refractivity contribution >= 4 is 0 Å². The third kappa shape index (κ3) is 5.56. The minimum Gasteiger partial charge on any atom is -0.492 e. The molecule has 1 aliphatic heterocycles. The van der Waals surface area contributed by atoms with Crippen molar-refractivity contribution < 1.29 is 9.84 Å². The molecule has 0 aliphatic carbocycles. The van der Waals surface area contributed by atoms with Gasteiger partial charge in [0.1, 0.15) is 12.4 Å². The summed E-state index contributed by atoms with van der Waals surface area (Å²) in [6.45, 7) is 8.49. The lowest BCUT2D eigenvalue weighted by atomic mass is 10.1. The minimum absolute atomic E-state index is 0.405. The fourth-order valence-electron chi connectivity index (χ4n) is 3.22. The van der Waals surface area contributed by atoms with Crippen LogP contribution in [0.1, 0.15) is 17.2 Å². The molecule has 3 rings (SSSR count). The largest absolute Gasteiger partial charge is 0.492 e. The van der Waals surface area contributed by atoms with Crippen LogP contribution in [0.4, 0.5) is 0 Å². The summed E-state index contributed by atoms with van der Waals surface area (Å²) >= 11 is 0. The van der Waals surface area contributed by atoms with E-state index in [0.29, 0.717) is 6.54 Å². The van der Waals surface area contributed by atoms with Gasteiger partial charge in [0.25, 0.3) is 0 Å². The zero-order valence-corrected chi connectivity index (χ0v) is 15.0. The molecule has 1 atom stereocenters. The van der Waals surface area contributed by atoms with Crippen molar-refractivity contribution in [2.75, 3.05) is 45.9 Å². The summed E-state index contributed by atoms with van der Waals surface area (Å²) in [5, 5.41) is 10.4. The molecule has 2 aromatic carbocycles. The van der Waals surface area contributed by atoms with Crippen molar-refractivity contribution in [3.05, 3.63) is 65.7 Å². The topological polar surface area (TPSA) is 35.9 Å². The Balaban J connectivity index is 1.36. The molecule has 134 valence electrons. The van der Waals surface area contributed by atoms with Crippen molar-refractivity contribution in [2.45, 2.75) is 13.0 Å². The van der Waals surface area contributed by atoms with Crippen LogP contribution < -0.4 is 4.74 Å². The van der Waals surface area contributed by atoms with E-state index < -0.39 is 6.10 Å². The number of aliphatic hydroxyl groups excluding tert-OH is 1. The first-order chi connectivity index (χ1) is 12.2. The van der Waals surface area contributed by atoms with Gasteiger partial charge in [0.2, 0.25) is 0 Å². The van der Waals surface area contributed by atoms with Crippen molar-refractivity contribution in [3.63, 3.8) is 0 Å². The number of aliphatic hydroxyl groups is 1. The van der Waals surface area contributed by atoms with E-state index >= 15 is 0 Å². The summed E-state index contributed by atoms with van der Waals surface area (Å²) < 4.78 is 5.84. The molecule has 25 heavy (non-hydrogen) atoms. The van der Waals surface area contributed by atoms with Gasteiger partial charge < -0.3 is 9.84 Å². The Labute approximate surface area is 150 Å². The van der Waals surface area contributed by atoms with Gasteiger partial charge in [-0.2, -0.15) is 0 Å². The maximum Gasteiger partial charge on any atom is 0.119 e. The van der Waals surface area contributed by atoms with Crippen LogP contribution in [0.15, 0.2) is 54.6 Å². The number of ether oxygens (including phenoxy) is 1. The molecule has 0 spiro atoms. The summed E-state index contributed by atoms with van der Waals surface area (Å²) in [4.78, 5) is 4.77. The predicted octanol–water partition coefficient (Wildman–Crippen LogP) is 2.73. The molecule has 0 aromatic heterocycles. The van der Waals surface area contributed by atoms with E-state index in [1.165, 1.54) is 5.56 Å². The smallest absolute Gasteiger partial charge is 0.119 e. The number of hydrogen-bond acceptors (Lipinski definition) is 4. The van der Waals surface area contributed by atoms with Crippen molar-refractivity contribution in [1.82, 2.24) is 9.80 Å². The average molecular weight is 340 g/mol. The van der Waals surface area contributed by atoms with Gasteiger partial charge >= 0.3 is 0 Å². The Kier molecular flexibility index (Phi) is 6.45. The molecule has 0 bridgehead atoms. The Morgan fingerprint density at radius 1 is 0.960 bits per heavy atom. The third-order valence-electron chi connectivity index (χ3n) is 4.75. The Morgan fingerprint density at radius 2 is 1.68 bits per heavy atom.